The lowest BCUT2D eigenvalue weighted by Gasteiger charge is -2.06. The van der Waals surface area contributed by atoms with E-state index in [2.05, 4.69) is 4.98 Å². The summed E-state index contributed by atoms with van der Waals surface area (Å²) in [5.74, 6) is 0.658. The summed E-state index contributed by atoms with van der Waals surface area (Å²) in [7, 11) is 1.59. The minimum Gasteiger partial charge on any atom is -0.495 e. The maximum atomic E-state index is 6.05. The van der Waals surface area contributed by atoms with Crippen LogP contribution in [0, 0.1) is 0 Å². The minimum atomic E-state index is 0.462. The van der Waals surface area contributed by atoms with Crippen LogP contribution in [0.1, 0.15) is 0 Å². The van der Waals surface area contributed by atoms with Crippen molar-refractivity contribution in [1.82, 2.24) is 4.98 Å². The molecule has 82 valence electrons. The zero-order valence-electron chi connectivity index (χ0n) is 8.58. The van der Waals surface area contributed by atoms with Gasteiger partial charge >= 0.3 is 0 Å². The second kappa shape index (κ2) is 4.73. The van der Waals surface area contributed by atoms with Crippen molar-refractivity contribution in [3.05, 3.63) is 46.7 Å². The molecule has 2 rings (SSSR count). The Morgan fingerprint density at radius 1 is 1.06 bits per heavy atom. The van der Waals surface area contributed by atoms with Gasteiger partial charge in [0.2, 0.25) is 0 Å². The number of hydrogen-bond acceptors (Lipinski definition) is 2. The number of benzene rings is 1. The highest BCUT2D eigenvalue weighted by Crippen LogP contribution is 2.30. The van der Waals surface area contributed by atoms with Crippen molar-refractivity contribution in [2.75, 3.05) is 7.11 Å². The van der Waals surface area contributed by atoms with Gasteiger partial charge in [0.1, 0.15) is 10.9 Å². The second-order valence-corrected chi connectivity index (χ2v) is 4.01. The molecule has 1 heterocycles. The van der Waals surface area contributed by atoms with Gasteiger partial charge in [0, 0.05) is 6.20 Å². The molecule has 0 amide bonds. The van der Waals surface area contributed by atoms with Gasteiger partial charge in [0.15, 0.2) is 0 Å². The summed E-state index contributed by atoms with van der Waals surface area (Å²) in [6.07, 6.45) is 1.66. The number of hydrogen-bond donors (Lipinski definition) is 0. The average Bonchev–Trinajstić information content (AvgIpc) is 2.29. The highest BCUT2D eigenvalue weighted by molar-refractivity contribution is 6.32. The maximum Gasteiger partial charge on any atom is 0.137 e. The first-order valence-corrected chi connectivity index (χ1v) is 5.42. The molecule has 1 aromatic carbocycles. The number of nitrogens with zero attached hydrogens (tertiary/aromatic N) is 1. The lowest BCUT2D eigenvalue weighted by molar-refractivity contribution is 0.415. The Morgan fingerprint density at radius 3 is 2.44 bits per heavy atom. The summed E-state index contributed by atoms with van der Waals surface area (Å²) < 4.78 is 5.09. The number of halogens is 2. The van der Waals surface area contributed by atoms with Crippen molar-refractivity contribution in [2.24, 2.45) is 0 Å². The maximum absolute atomic E-state index is 6.05. The standard InChI is InChI=1S/C12H9Cl2NO/c1-16-11-3-2-8(6-10(11)13)9-4-5-15-12(14)7-9/h2-7H,1H3. The molecule has 2 aromatic rings. The summed E-state index contributed by atoms with van der Waals surface area (Å²) >= 11 is 11.9. The van der Waals surface area contributed by atoms with Gasteiger partial charge in [-0.25, -0.2) is 4.98 Å². The number of rotatable bonds is 2. The van der Waals surface area contributed by atoms with Crippen LogP contribution in [-0.4, -0.2) is 12.1 Å². The van der Waals surface area contributed by atoms with Crippen molar-refractivity contribution in [3.63, 3.8) is 0 Å². The number of pyridine rings is 1. The van der Waals surface area contributed by atoms with Gasteiger partial charge < -0.3 is 4.74 Å². The van der Waals surface area contributed by atoms with Crippen LogP contribution in [0.4, 0.5) is 0 Å². The zero-order valence-corrected chi connectivity index (χ0v) is 10.1. The molecule has 0 saturated carbocycles. The third-order valence-electron chi connectivity index (χ3n) is 2.21. The number of ether oxygens (including phenoxy) is 1. The Balaban J connectivity index is 2.45. The SMILES string of the molecule is COc1ccc(-c2ccnc(Cl)c2)cc1Cl. The normalized spacial score (nSPS) is 10.2. The van der Waals surface area contributed by atoms with E-state index in [1.807, 2.05) is 24.3 Å². The monoisotopic (exact) mass is 253 g/mol. The van der Waals surface area contributed by atoms with Gasteiger partial charge in [-0.1, -0.05) is 29.3 Å². The predicted molar refractivity (Wildman–Crippen MR) is 66.2 cm³/mol. The average molecular weight is 254 g/mol. The van der Waals surface area contributed by atoms with Crippen LogP contribution in [0.15, 0.2) is 36.5 Å². The molecule has 0 fully saturated rings. The van der Waals surface area contributed by atoms with Crippen LogP contribution in [0.5, 0.6) is 5.75 Å². The van der Waals surface area contributed by atoms with E-state index in [1.165, 1.54) is 0 Å². The Bertz CT molecular complexity index is 514. The van der Waals surface area contributed by atoms with Crippen LogP contribution in [-0.2, 0) is 0 Å². The van der Waals surface area contributed by atoms with Crippen LogP contribution < -0.4 is 4.74 Å². The van der Waals surface area contributed by atoms with Gasteiger partial charge in [-0.15, -0.1) is 0 Å². The van der Waals surface area contributed by atoms with E-state index in [0.717, 1.165) is 11.1 Å². The molecule has 0 unspecified atom stereocenters. The molecule has 0 aliphatic rings. The van der Waals surface area contributed by atoms with E-state index in [-0.39, 0.29) is 0 Å². The van der Waals surface area contributed by atoms with Crippen molar-refractivity contribution >= 4 is 23.2 Å². The Kier molecular flexibility index (Phi) is 3.32. The lowest BCUT2D eigenvalue weighted by Crippen LogP contribution is -1.85. The van der Waals surface area contributed by atoms with Gasteiger partial charge in [0.05, 0.1) is 12.1 Å². The van der Waals surface area contributed by atoms with E-state index in [0.29, 0.717) is 15.9 Å². The Labute approximate surface area is 104 Å². The Morgan fingerprint density at radius 2 is 1.81 bits per heavy atom. The van der Waals surface area contributed by atoms with E-state index < -0.39 is 0 Å². The summed E-state index contributed by atoms with van der Waals surface area (Å²) in [4.78, 5) is 3.93. The lowest BCUT2D eigenvalue weighted by atomic mass is 10.1. The molecule has 2 nitrogen and oxygen atoms in total. The van der Waals surface area contributed by atoms with Crippen molar-refractivity contribution in [1.29, 1.82) is 0 Å². The molecule has 0 aliphatic carbocycles. The van der Waals surface area contributed by atoms with Crippen molar-refractivity contribution in [3.8, 4) is 16.9 Å². The zero-order chi connectivity index (χ0) is 11.5. The van der Waals surface area contributed by atoms with Crippen LogP contribution in [0.3, 0.4) is 0 Å². The predicted octanol–water partition coefficient (Wildman–Crippen LogP) is 4.06. The van der Waals surface area contributed by atoms with Gasteiger partial charge in [-0.2, -0.15) is 0 Å². The van der Waals surface area contributed by atoms with E-state index in [1.54, 1.807) is 19.4 Å². The summed E-state index contributed by atoms with van der Waals surface area (Å²) in [5.41, 5.74) is 1.96. The molecule has 1 aromatic heterocycles. The van der Waals surface area contributed by atoms with Crippen molar-refractivity contribution < 1.29 is 4.74 Å². The summed E-state index contributed by atoms with van der Waals surface area (Å²) in [5, 5.41) is 1.04. The largest absolute Gasteiger partial charge is 0.495 e. The number of aromatic nitrogens is 1. The molecule has 16 heavy (non-hydrogen) atoms. The molecule has 4 heteroatoms. The Hall–Kier alpha value is -1.25. The molecular formula is C12H9Cl2NO. The van der Waals surface area contributed by atoms with Gasteiger partial charge in [0.25, 0.3) is 0 Å². The highest BCUT2D eigenvalue weighted by atomic mass is 35.5. The molecule has 0 radical (unpaired) electrons. The molecule has 0 spiro atoms. The summed E-state index contributed by atoms with van der Waals surface area (Å²) in [6, 6.07) is 9.26. The first kappa shape index (κ1) is 11.2. The fourth-order valence-corrected chi connectivity index (χ4v) is 1.86. The van der Waals surface area contributed by atoms with Crippen LogP contribution in [0.25, 0.3) is 11.1 Å². The van der Waals surface area contributed by atoms with E-state index in [4.69, 9.17) is 27.9 Å². The van der Waals surface area contributed by atoms with Crippen molar-refractivity contribution in [2.45, 2.75) is 0 Å². The molecule has 0 bridgehead atoms. The van der Waals surface area contributed by atoms with E-state index in [9.17, 15) is 0 Å². The third kappa shape index (κ3) is 2.29. The minimum absolute atomic E-state index is 0.462. The summed E-state index contributed by atoms with van der Waals surface area (Å²) in [6.45, 7) is 0. The van der Waals surface area contributed by atoms with Crippen LogP contribution in [0.2, 0.25) is 10.2 Å². The molecule has 0 saturated heterocycles. The molecular weight excluding hydrogens is 245 g/mol. The smallest absolute Gasteiger partial charge is 0.137 e. The van der Waals surface area contributed by atoms with Crippen LogP contribution >= 0.6 is 23.2 Å². The second-order valence-electron chi connectivity index (χ2n) is 3.22. The first-order valence-electron chi connectivity index (χ1n) is 4.66. The van der Waals surface area contributed by atoms with Gasteiger partial charge in [-0.05, 0) is 35.4 Å². The van der Waals surface area contributed by atoms with Gasteiger partial charge in [-0.3, -0.25) is 0 Å². The first-order chi connectivity index (χ1) is 7.70. The highest BCUT2D eigenvalue weighted by Gasteiger charge is 2.04. The van der Waals surface area contributed by atoms with E-state index >= 15 is 0 Å². The fraction of sp³-hybridized carbons (Fsp3) is 0.0833. The molecule has 0 aliphatic heterocycles. The number of methoxy groups -OCH3 is 1. The molecule has 0 N–H and O–H groups in total. The topological polar surface area (TPSA) is 22.1 Å². The molecule has 0 atom stereocenters. The quantitative estimate of drug-likeness (QED) is 0.754. The fourth-order valence-electron chi connectivity index (χ4n) is 1.43. The third-order valence-corrected chi connectivity index (χ3v) is 2.71.